The van der Waals surface area contributed by atoms with Crippen molar-refractivity contribution < 1.29 is 9.21 Å². The fourth-order valence-electron chi connectivity index (χ4n) is 2.45. The Balaban J connectivity index is 1.94. The third kappa shape index (κ3) is 2.72. The summed E-state index contributed by atoms with van der Waals surface area (Å²) in [6.07, 6.45) is 0.464. The molecule has 0 atom stereocenters. The van der Waals surface area contributed by atoms with Crippen LogP contribution >= 0.6 is 0 Å². The second-order valence-electron chi connectivity index (χ2n) is 5.43. The molecule has 1 heterocycles. The molecule has 0 fully saturated rings. The van der Waals surface area contributed by atoms with E-state index < -0.39 is 0 Å². The molecule has 0 bridgehead atoms. The van der Waals surface area contributed by atoms with Crippen LogP contribution in [0.1, 0.15) is 24.5 Å². The summed E-state index contributed by atoms with van der Waals surface area (Å²) in [5, 5.41) is 2.82. The number of nitrogens with one attached hydrogen (secondary N) is 1. The third-order valence-corrected chi connectivity index (χ3v) is 3.56. The molecular formula is C18H18N2O2. The van der Waals surface area contributed by atoms with E-state index in [1.165, 1.54) is 5.56 Å². The molecule has 0 unspecified atom stereocenters. The van der Waals surface area contributed by atoms with Gasteiger partial charge in [-0.25, -0.2) is 4.98 Å². The van der Waals surface area contributed by atoms with Gasteiger partial charge in [0.15, 0.2) is 5.58 Å². The summed E-state index contributed by atoms with van der Waals surface area (Å²) in [7, 11) is 0. The Morgan fingerprint density at radius 3 is 2.59 bits per heavy atom. The predicted octanol–water partition coefficient (Wildman–Crippen LogP) is 4.46. The van der Waals surface area contributed by atoms with Crippen molar-refractivity contribution in [3.8, 4) is 11.5 Å². The highest BCUT2D eigenvalue weighted by Gasteiger charge is 2.11. The van der Waals surface area contributed by atoms with Crippen molar-refractivity contribution in [2.75, 3.05) is 5.32 Å². The van der Waals surface area contributed by atoms with Crippen LogP contribution in [0.5, 0.6) is 0 Å². The van der Waals surface area contributed by atoms with Crippen molar-refractivity contribution in [1.29, 1.82) is 0 Å². The SMILES string of the molecule is CCC(=O)Nc1ccc(-c2nc3cc(C)cc(C)c3o2)cc1. The fraction of sp³-hybridized carbons (Fsp3) is 0.222. The number of oxazole rings is 1. The van der Waals surface area contributed by atoms with E-state index in [1.807, 2.05) is 51.1 Å². The van der Waals surface area contributed by atoms with E-state index in [-0.39, 0.29) is 5.91 Å². The molecule has 0 saturated carbocycles. The minimum atomic E-state index is 0.000659. The first-order valence-corrected chi connectivity index (χ1v) is 7.35. The van der Waals surface area contributed by atoms with Gasteiger partial charge in [0, 0.05) is 17.7 Å². The first-order chi connectivity index (χ1) is 10.6. The van der Waals surface area contributed by atoms with Crippen molar-refractivity contribution in [1.82, 2.24) is 4.98 Å². The molecule has 2 aromatic carbocycles. The lowest BCUT2D eigenvalue weighted by molar-refractivity contribution is -0.115. The van der Waals surface area contributed by atoms with Crippen LogP contribution < -0.4 is 5.32 Å². The highest BCUT2D eigenvalue weighted by Crippen LogP contribution is 2.28. The number of carbonyl (C=O) groups is 1. The fourth-order valence-corrected chi connectivity index (χ4v) is 2.45. The first kappa shape index (κ1) is 14.3. The second-order valence-corrected chi connectivity index (χ2v) is 5.43. The number of nitrogens with zero attached hydrogens (tertiary/aromatic N) is 1. The third-order valence-electron chi connectivity index (χ3n) is 3.56. The standard InChI is InChI=1S/C18H18N2O2/c1-4-16(21)19-14-7-5-13(6-8-14)18-20-15-10-11(2)9-12(3)17(15)22-18/h5-10H,4H2,1-3H3,(H,19,21). The quantitative estimate of drug-likeness (QED) is 0.776. The van der Waals surface area contributed by atoms with Crippen LogP contribution in [0.3, 0.4) is 0 Å². The number of hydrogen-bond acceptors (Lipinski definition) is 3. The Morgan fingerprint density at radius 2 is 1.91 bits per heavy atom. The van der Waals surface area contributed by atoms with Gasteiger partial charge in [0.05, 0.1) is 0 Å². The normalized spacial score (nSPS) is 10.9. The lowest BCUT2D eigenvalue weighted by Crippen LogP contribution is -2.08. The predicted molar refractivity (Wildman–Crippen MR) is 87.8 cm³/mol. The maximum absolute atomic E-state index is 11.4. The summed E-state index contributed by atoms with van der Waals surface area (Å²) in [4.78, 5) is 15.9. The summed E-state index contributed by atoms with van der Waals surface area (Å²) in [5.41, 5.74) is 5.62. The molecule has 22 heavy (non-hydrogen) atoms. The number of rotatable bonds is 3. The molecule has 0 spiro atoms. The van der Waals surface area contributed by atoms with Crippen molar-refractivity contribution >= 4 is 22.7 Å². The molecule has 4 heteroatoms. The molecule has 1 amide bonds. The lowest BCUT2D eigenvalue weighted by atomic mass is 10.1. The first-order valence-electron chi connectivity index (χ1n) is 7.35. The second kappa shape index (κ2) is 5.64. The van der Waals surface area contributed by atoms with Gasteiger partial charge < -0.3 is 9.73 Å². The number of anilines is 1. The van der Waals surface area contributed by atoms with Crippen LogP contribution in [-0.4, -0.2) is 10.9 Å². The smallest absolute Gasteiger partial charge is 0.227 e. The van der Waals surface area contributed by atoms with Crippen LogP contribution in [0.2, 0.25) is 0 Å². The Bertz CT molecular complexity index is 832. The number of benzene rings is 2. The Kier molecular flexibility index (Phi) is 3.67. The van der Waals surface area contributed by atoms with Gasteiger partial charge in [-0.05, 0) is 55.3 Å². The number of fused-ring (bicyclic) bond motifs is 1. The van der Waals surface area contributed by atoms with Gasteiger partial charge in [-0.3, -0.25) is 4.79 Å². The molecule has 0 saturated heterocycles. The highest BCUT2D eigenvalue weighted by atomic mass is 16.3. The Hall–Kier alpha value is -2.62. The highest BCUT2D eigenvalue weighted by molar-refractivity contribution is 5.90. The number of hydrogen-bond donors (Lipinski definition) is 1. The van der Waals surface area contributed by atoms with Crippen molar-refractivity contribution in [2.24, 2.45) is 0 Å². The monoisotopic (exact) mass is 294 g/mol. The van der Waals surface area contributed by atoms with Gasteiger partial charge in [-0.1, -0.05) is 13.0 Å². The van der Waals surface area contributed by atoms with Crippen LogP contribution in [0, 0.1) is 13.8 Å². The molecule has 0 aliphatic carbocycles. The average molecular weight is 294 g/mol. The maximum atomic E-state index is 11.4. The molecule has 0 aliphatic heterocycles. The van der Waals surface area contributed by atoms with Crippen LogP contribution in [0.25, 0.3) is 22.6 Å². The zero-order valence-electron chi connectivity index (χ0n) is 12.9. The van der Waals surface area contributed by atoms with Crippen LogP contribution in [0.4, 0.5) is 5.69 Å². The van der Waals surface area contributed by atoms with Crippen molar-refractivity contribution in [2.45, 2.75) is 27.2 Å². The number of amides is 1. The van der Waals surface area contributed by atoms with Crippen molar-refractivity contribution in [3.63, 3.8) is 0 Å². The molecule has 1 N–H and O–H groups in total. The number of aryl methyl sites for hydroxylation is 2. The van der Waals surface area contributed by atoms with E-state index >= 15 is 0 Å². The Morgan fingerprint density at radius 1 is 1.18 bits per heavy atom. The summed E-state index contributed by atoms with van der Waals surface area (Å²) < 4.78 is 5.88. The van der Waals surface area contributed by atoms with Crippen LogP contribution in [0.15, 0.2) is 40.8 Å². The summed E-state index contributed by atoms with van der Waals surface area (Å²) >= 11 is 0. The van der Waals surface area contributed by atoms with E-state index in [2.05, 4.69) is 16.4 Å². The minimum Gasteiger partial charge on any atom is -0.436 e. The van der Waals surface area contributed by atoms with Gasteiger partial charge in [0.2, 0.25) is 11.8 Å². The maximum Gasteiger partial charge on any atom is 0.227 e. The number of carbonyl (C=O) groups excluding carboxylic acids is 1. The van der Waals surface area contributed by atoms with Crippen LogP contribution in [-0.2, 0) is 4.79 Å². The molecular weight excluding hydrogens is 276 g/mol. The van der Waals surface area contributed by atoms with E-state index in [1.54, 1.807) is 0 Å². The summed E-state index contributed by atoms with van der Waals surface area (Å²) in [6.45, 7) is 5.89. The van der Waals surface area contributed by atoms with Gasteiger partial charge in [0.25, 0.3) is 0 Å². The lowest BCUT2D eigenvalue weighted by Gasteiger charge is -2.03. The van der Waals surface area contributed by atoms with E-state index in [4.69, 9.17) is 4.42 Å². The molecule has 1 aromatic heterocycles. The summed E-state index contributed by atoms with van der Waals surface area (Å²) in [6, 6.07) is 11.6. The summed E-state index contributed by atoms with van der Waals surface area (Å²) in [5.74, 6) is 0.595. The van der Waals surface area contributed by atoms with E-state index in [9.17, 15) is 4.79 Å². The van der Waals surface area contributed by atoms with Gasteiger partial charge >= 0.3 is 0 Å². The number of aromatic nitrogens is 1. The molecule has 4 nitrogen and oxygen atoms in total. The van der Waals surface area contributed by atoms with Gasteiger partial charge in [-0.2, -0.15) is 0 Å². The Labute approximate surface area is 129 Å². The molecule has 0 radical (unpaired) electrons. The van der Waals surface area contributed by atoms with Crippen molar-refractivity contribution in [3.05, 3.63) is 47.5 Å². The zero-order chi connectivity index (χ0) is 15.7. The molecule has 0 aliphatic rings. The average Bonchev–Trinajstić information content (AvgIpc) is 2.92. The van der Waals surface area contributed by atoms with Gasteiger partial charge in [-0.15, -0.1) is 0 Å². The minimum absolute atomic E-state index is 0.000659. The molecule has 3 aromatic rings. The van der Waals surface area contributed by atoms with E-state index in [0.29, 0.717) is 12.3 Å². The molecule has 112 valence electrons. The topological polar surface area (TPSA) is 55.1 Å². The van der Waals surface area contributed by atoms with E-state index in [0.717, 1.165) is 27.9 Å². The van der Waals surface area contributed by atoms with Gasteiger partial charge in [0.1, 0.15) is 5.52 Å². The zero-order valence-corrected chi connectivity index (χ0v) is 12.9. The largest absolute Gasteiger partial charge is 0.436 e. The molecule has 3 rings (SSSR count).